The van der Waals surface area contributed by atoms with Crippen molar-refractivity contribution >= 4 is 11.9 Å². The number of piperidine rings is 1. The van der Waals surface area contributed by atoms with Crippen LogP contribution in [0.4, 0.5) is 0 Å². The Labute approximate surface area is 193 Å². The van der Waals surface area contributed by atoms with Gasteiger partial charge in [-0.15, -0.1) is 0 Å². The molecular formula is C24H40N6O2. The highest BCUT2D eigenvalue weighted by atomic mass is 16.5. The van der Waals surface area contributed by atoms with Gasteiger partial charge in [-0.05, 0) is 25.3 Å². The van der Waals surface area contributed by atoms with Crippen LogP contribution < -0.4 is 10.6 Å². The van der Waals surface area contributed by atoms with Gasteiger partial charge in [0, 0.05) is 65.4 Å². The van der Waals surface area contributed by atoms with Gasteiger partial charge in [-0.25, -0.2) is 4.99 Å². The number of hydrogen-bond donors (Lipinski definition) is 2. The van der Waals surface area contributed by atoms with E-state index in [4.69, 9.17) is 4.74 Å². The highest BCUT2D eigenvalue weighted by Crippen LogP contribution is 2.19. The summed E-state index contributed by atoms with van der Waals surface area (Å²) in [7, 11) is 3.53. The molecule has 0 spiro atoms. The normalized spacial score (nSPS) is 23.0. The molecule has 0 saturated carbocycles. The van der Waals surface area contributed by atoms with Crippen LogP contribution in [0.15, 0.2) is 35.3 Å². The maximum atomic E-state index is 12.1. The molecule has 1 aromatic carbocycles. The van der Waals surface area contributed by atoms with E-state index in [9.17, 15) is 4.79 Å². The molecule has 2 aliphatic rings. The lowest BCUT2D eigenvalue weighted by Crippen LogP contribution is -2.52. The lowest BCUT2D eigenvalue weighted by molar-refractivity contribution is -0.127. The second kappa shape index (κ2) is 12.8. The molecule has 8 nitrogen and oxygen atoms in total. The van der Waals surface area contributed by atoms with Gasteiger partial charge in [0.1, 0.15) is 6.54 Å². The zero-order valence-corrected chi connectivity index (χ0v) is 19.9. The Morgan fingerprint density at radius 1 is 1.19 bits per heavy atom. The summed E-state index contributed by atoms with van der Waals surface area (Å²) < 4.78 is 5.43. The second-order valence-electron chi connectivity index (χ2n) is 9.00. The summed E-state index contributed by atoms with van der Waals surface area (Å²) in [6.07, 6.45) is 2.11. The van der Waals surface area contributed by atoms with Gasteiger partial charge in [0.2, 0.25) is 5.91 Å². The molecular weight excluding hydrogens is 404 g/mol. The first-order valence-electron chi connectivity index (χ1n) is 11.8. The Morgan fingerprint density at radius 3 is 2.62 bits per heavy atom. The van der Waals surface area contributed by atoms with E-state index < -0.39 is 0 Å². The predicted molar refractivity (Wildman–Crippen MR) is 129 cm³/mol. The summed E-state index contributed by atoms with van der Waals surface area (Å²) >= 11 is 0. The predicted octanol–water partition coefficient (Wildman–Crippen LogP) is 0.995. The number of carbonyl (C=O) groups is 1. The number of amides is 1. The molecule has 2 atom stereocenters. The number of morpholine rings is 1. The molecule has 8 heteroatoms. The SMILES string of the molecule is CC1CC(NC(=NCC(=O)N(C)C)NCCN2CCOCC2)CCN1Cc1ccccc1. The fourth-order valence-corrected chi connectivity index (χ4v) is 4.20. The van der Waals surface area contributed by atoms with Crippen molar-refractivity contribution in [2.75, 3.05) is 66.6 Å². The molecule has 178 valence electrons. The molecule has 0 aromatic heterocycles. The fourth-order valence-electron chi connectivity index (χ4n) is 4.20. The number of nitrogens with zero attached hydrogens (tertiary/aromatic N) is 4. The topological polar surface area (TPSA) is 72.4 Å². The van der Waals surface area contributed by atoms with Crippen LogP contribution in [0.1, 0.15) is 25.3 Å². The summed E-state index contributed by atoms with van der Waals surface area (Å²) in [5.41, 5.74) is 1.36. The van der Waals surface area contributed by atoms with E-state index in [0.29, 0.717) is 12.1 Å². The average molecular weight is 445 g/mol. The number of likely N-dealkylation sites (N-methyl/N-ethyl adjacent to an activating group) is 1. The average Bonchev–Trinajstić information content (AvgIpc) is 2.80. The smallest absolute Gasteiger partial charge is 0.243 e. The molecule has 0 aliphatic carbocycles. The van der Waals surface area contributed by atoms with Crippen molar-refractivity contribution in [1.82, 2.24) is 25.3 Å². The molecule has 2 N–H and O–H groups in total. The van der Waals surface area contributed by atoms with Gasteiger partial charge in [0.25, 0.3) is 0 Å². The van der Waals surface area contributed by atoms with Crippen molar-refractivity contribution in [3.63, 3.8) is 0 Å². The minimum atomic E-state index is 0.00493. The quantitative estimate of drug-likeness (QED) is 0.460. The van der Waals surface area contributed by atoms with Crippen LogP contribution >= 0.6 is 0 Å². The van der Waals surface area contributed by atoms with Gasteiger partial charge in [0.05, 0.1) is 13.2 Å². The minimum absolute atomic E-state index is 0.00493. The summed E-state index contributed by atoms with van der Waals surface area (Å²) in [5, 5.41) is 7.05. The van der Waals surface area contributed by atoms with Crippen LogP contribution in [0.3, 0.4) is 0 Å². The third-order valence-electron chi connectivity index (χ3n) is 6.28. The Bertz CT molecular complexity index is 720. The number of carbonyl (C=O) groups excluding carboxylic acids is 1. The van der Waals surface area contributed by atoms with Gasteiger partial charge in [-0.1, -0.05) is 30.3 Å². The van der Waals surface area contributed by atoms with Crippen LogP contribution in [0.25, 0.3) is 0 Å². The zero-order chi connectivity index (χ0) is 22.8. The molecule has 0 bridgehead atoms. The van der Waals surface area contributed by atoms with Gasteiger partial charge < -0.3 is 20.3 Å². The van der Waals surface area contributed by atoms with Crippen molar-refractivity contribution in [1.29, 1.82) is 0 Å². The van der Waals surface area contributed by atoms with E-state index in [1.165, 1.54) is 5.56 Å². The molecule has 0 radical (unpaired) electrons. The summed E-state index contributed by atoms with van der Waals surface area (Å²) in [5.74, 6) is 0.743. The van der Waals surface area contributed by atoms with E-state index in [1.54, 1.807) is 19.0 Å². The lowest BCUT2D eigenvalue weighted by atomic mass is 9.97. The van der Waals surface area contributed by atoms with Crippen LogP contribution in [0, 0.1) is 0 Å². The largest absolute Gasteiger partial charge is 0.379 e. The van der Waals surface area contributed by atoms with E-state index >= 15 is 0 Å². The third-order valence-corrected chi connectivity index (χ3v) is 6.28. The van der Waals surface area contributed by atoms with Crippen molar-refractivity contribution in [2.24, 2.45) is 4.99 Å². The number of ether oxygens (including phenoxy) is 1. The summed E-state index contributed by atoms with van der Waals surface area (Å²) in [4.78, 5) is 23.2. The fraction of sp³-hybridized carbons (Fsp3) is 0.667. The van der Waals surface area contributed by atoms with Crippen LogP contribution in [0.2, 0.25) is 0 Å². The Hall–Kier alpha value is -2.16. The molecule has 32 heavy (non-hydrogen) atoms. The van der Waals surface area contributed by atoms with Gasteiger partial charge in [-0.3, -0.25) is 14.6 Å². The molecule has 2 heterocycles. The van der Waals surface area contributed by atoms with Crippen LogP contribution in [-0.4, -0.2) is 105 Å². The molecule has 2 unspecified atom stereocenters. The number of rotatable bonds is 8. The molecule has 2 fully saturated rings. The maximum absolute atomic E-state index is 12.1. The monoisotopic (exact) mass is 444 g/mol. The van der Waals surface area contributed by atoms with Gasteiger partial charge in [-0.2, -0.15) is 0 Å². The number of aliphatic imine (C=N–C) groups is 1. The van der Waals surface area contributed by atoms with Crippen molar-refractivity contribution < 1.29 is 9.53 Å². The van der Waals surface area contributed by atoms with E-state index in [0.717, 1.165) is 71.3 Å². The van der Waals surface area contributed by atoms with Gasteiger partial charge in [0.15, 0.2) is 5.96 Å². The first kappa shape index (κ1) is 24.5. The first-order valence-corrected chi connectivity index (χ1v) is 11.8. The second-order valence-corrected chi connectivity index (χ2v) is 9.00. The zero-order valence-electron chi connectivity index (χ0n) is 19.9. The van der Waals surface area contributed by atoms with Crippen molar-refractivity contribution in [3.05, 3.63) is 35.9 Å². The minimum Gasteiger partial charge on any atom is -0.379 e. The highest BCUT2D eigenvalue weighted by molar-refractivity contribution is 5.84. The highest BCUT2D eigenvalue weighted by Gasteiger charge is 2.26. The van der Waals surface area contributed by atoms with Crippen LogP contribution in [0.5, 0.6) is 0 Å². The number of guanidine groups is 1. The van der Waals surface area contributed by atoms with E-state index in [-0.39, 0.29) is 12.5 Å². The Balaban J connectivity index is 1.51. The molecule has 1 amide bonds. The van der Waals surface area contributed by atoms with E-state index in [1.807, 2.05) is 0 Å². The molecule has 1 aromatic rings. The Kier molecular flexibility index (Phi) is 9.77. The first-order chi connectivity index (χ1) is 15.5. The summed E-state index contributed by atoms with van der Waals surface area (Å²) in [6.45, 7) is 9.78. The maximum Gasteiger partial charge on any atom is 0.243 e. The van der Waals surface area contributed by atoms with Crippen molar-refractivity contribution in [3.8, 4) is 0 Å². The number of hydrogen-bond acceptors (Lipinski definition) is 5. The lowest BCUT2D eigenvalue weighted by Gasteiger charge is -2.38. The summed E-state index contributed by atoms with van der Waals surface area (Å²) in [6, 6.07) is 11.5. The number of benzene rings is 1. The Morgan fingerprint density at radius 2 is 1.94 bits per heavy atom. The molecule has 2 saturated heterocycles. The van der Waals surface area contributed by atoms with Gasteiger partial charge >= 0.3 is 0 Å². The third kappa shape index (κ3) is 8.07. The molecule has 3 rings (SSSR count). The number of likely N-dealkylation sites (tertiary alicyclic amines) is 1. The standard InChI is InChI=1S/C24H40N6O2/c1-20-17-22(9-11-30(20)19-21-7-5-4-6-8-21)27-24(26-18-23(31)28(2)3)25-10-12-29-13-15-32-16-14-29/h4-8,20,22H,9-19H2,1-3H3,(H2,25,26,27). The van der Waals surface area contributed by atoms with Crippen LogP contribution in [-0.2, 0) is 16.1 Å². The number of nitrogens with one attached hydrogen (secondary N) is 2. The van der Waals surface area contributed by atoms with E-state index in [2.05, 4.69) is 62.7 Å². The van der Waals surface area contributed by atoms with Crippen molar-refractivity contribution in [2.45, 2.75) is 38.4 Å². The molecule has 2 aliphatic heterocycles.